The summed E-state index contributed by atoms with van der Waals surface area (Å²) in [7, 11) is 0. The van der Waals surface area contributed by atoms with E-state index < -0.39 is 17.5 Å². The van der Waals surface area contributed by atoms with Gasteiger partial charge >= 0.3 is 0 Å². The lowest BCUT2D eigenvalue weighted by molar-refractivity contribution is 0.102. The number of hydrogen-bond acceptors (Lipinski definition) is 3. The van der Waals surface area contributed by atoms with E-state index in [1.807, 2.05) is 0 Å². The van der Waals surface area contributed by atoms with Crippen LogP contribution in [0.2, 0.25) is 5.02 Å². The van der Waals surface area contributed by atoms with Gasteiger partial charge in [-0.2, -0.15) is 5.10 Å². The van der Waals surface area contributed by atoms with E-state index in [4.69, 9.17) is 11.6 Å². The highest BCUT2D eigenvalue weighted by molar-refractivity contribution is 6.37. The second-order valence-corrected chi connectivity index (χ2v) is 4.51. The molecule has 0 aliphatic carbocycles. The number of benzene rings is 1. The Bertz CT molecular complexity index is 849. The van der Waals surface area contributed by atoms with Crippen LogP contribution >= 0.6 is 11.6 Å². The summed E-state index contributed by atoms with van der Waals surface area (Å²) < 4.78 is 27.7. The molecule has 3 rings (SSSR count). The molecule has 0 radical (unpaired) electrons. The van der Waals surface area contributed by atoms with Gasteiger partial charge in [0.05, 0.1) is 5.69 Å². The van der Waals surface area contributed by atoms with Crippen LogP contribution in [0.1, 0.15) is 10.5 Å². The number of nitrogens with one attached hydrogen (secondary N) is 1. The van der Waals surface area contributed by atoms with Crippen LogP contribution in [0.15, 0.2) is 36.7 Å². The molecule has 0 aliphatic rings. The number of amides is 1. The minimum absolute atomic E-state index is 0.0515. The van der Waals surface area contributed by atoms with Gasteiger partial charge in [0.1, 0.15) is 16.7 Å². The number of aromatic nitrogens is 3. The summed E-state index contributed by atoms with van der Waals surface area (Å²) in [6, 6.07) is 4.44. The number of nitrogens with zero attached hydrogens (tertiary/aromatic N) is 3. The molecule has 0 fully saturated rings. The van der Waals surface area contributed by atoms with Crippen molar-refractivity contribution in [2.45, 2.75) is 0 Å². The molecule has 5 nitrogen and oxygen atoms in total. The molecule has 3 aromatic rings. The molecule has 0 atom stereocenters. The van der Waals surface area contributed by atoms with E-state index in [2.05, 4.69) is 15.4 Å². The van der Waals surface area contributed by atoms with Gasteiger partial charge < -0.3 is 5.32 Å². The molecule has 0 spiro atoms. The maximum Gasteiger partial charge on any atom is 0.277 e. The molecule has 2 heterocycles. The number of anilines is 1. The summed E-state index contributed by atoms with van der Waals surface area (Å²) in [5.41, 5.74) is 0.0467. The number of hydrogen-bond donors (Lipinski definition) is 1. The topological polar surface area (TPSA) is 59.3 Å². The fourth-order valence-corrected chi connectivity index (χ4v) is 2.04. The molecular formula is C13H7ClF2N4O. The Hall–Kier alpha value is -2.54. The Kier molecular flexibility index (Phi) is 3.26. The molecule has 2 aromatic heterocycles. The molecule has 8 heteroatoms. The largest absolute Gasteiger partial charge is 0.318 e. The molecule has 0 aliphatic heterocycles. The normalized spacial score (nSPS) is 10.8. The van der Waals surface area contributed by atoms with Crippen molar-refractivity contribution < 1.29 is 13.6 Å². The zero-order valence-electron chi connectivity index (χ0n) is 10.3. The van der Waals surface area contributed by atoms with Crippen LogP contribution in [-0.2, 0) is 0 Å². The second-order valence-electron chi connectivity index (χ2n) is 4.13. The van der Waals surface area contributed by atoms with Crippen molar-refractivity contribution in [1.82, 2.24) is 14.6 Å². The van der Waals surface area contributed by atoms with Gasteiger partial charge in [0, 0.05) is 18.5 Å². The summed E-state index contributed by atoms with van der Waals surface area (Å²) in [5, 5.41) is 6.31. The monoisotopic (exact) mass is 308 g/mol. The van der Waals surface area contributed by atoms with Gasteiger partial charge in [-0.25, -0.2) is 18.3 Å². The van der Waals surface area contributed by atoms with E-state index in [-0.39, 0.29) is 16.4 Å². The van der Waals surface area contributed by atoms with Crippen LogP contribution < -0.4 is 5.32 Å². The van der Waals surface area contributed by atoms with E-state index in [1.165, 1.54) is 10.7 Å². The molecule has 0 saturated heterocycles. The maximum atomic E-state index is 13.5. The first-order chi connectivity index (χ1) is 10.1. The van der Waals surface area contributed by atoms with Crippen molar-refractivity contribution in [2.75, 3.05) is 5.32 Å². The number of halogens is 3. The Morgan fingerprint density at radius 2 is 2.14 bits per heavy atom. The van der Waals surface area contributed by atoms with Gasteiger partial charge in [-0.1, -0.05) is 11.6 Å². The van der Waals surface area contributed by atoms with E-state index in [0.29, 0.717) is 11.7 Å². The third-order valence-electron chi connectivity index (χ3n) is 2.73. The third-order valence-corrected chi connectivity index (χ3v) is 3.08. The number of fused-ring (bicyclic) bond motifs is 1. The van der Waals surface area contributed by atoms with Crippen LogP contribution in [0.3, 0.4) is 0 Å². The number of carbonyl (C=O) groups is 1. The predicted molar refractivity (Wildman–Crippen MR) is 72.3 cm³/mol. The van der Waals surface area contributed by atoms with Crippen molar-refractivity contribution in [3.05, 3.63) is 59.0 Å². The van der Waals surface area contributed by atoms with Crippen LogP contribution in [0.25, 0.3) is 5.65 Å². The molecule has 1 N–H and O–H groups in total. The highest BCUT2D eigenvalue weighted by Gasteiger charge is 2.19. The zero-order valence-corrected chi connectivity index (χ0v) is 11.1. The molecule has 1 aromatic carbocycles. The summed E-state index contributed by atoms with van der Waals surface area (Å²) in [6.45, 7) is 0. The van der Waals surface area contributed by atoms with Gasteiger partial charge in [0.2, 0.25) is 0 Å². The van der Waals surface area contributed by atoms with Crippen molar-refractivity contribution in [3.63, 3.8) is 0 Å². The van der Waals surface area contributed by atoms with E-state index in [0.717, 1.165) is 12.1 Å². The summed E-state index contributed by atoms with van der Waals surface area (Å²) in [5.74, 6) is -2.34. The van der Waals surface area contributed by atoms with Crippen molar-refractivity contribution in [1.29, 1.82) is 0 Å². The average Bonchev–Trinajstić information content (AvgIpc) is 2.80. The van der Waals surface area contributed by atoms with Gasteiger partial charge in [0.25, 0.3) is 5.91 Å². The Morgan fingerprint density at radius 3 is 2.86 bits per heavy atom. The van der Waals surface area contributed by atoms with Crippen LogP contribution in [0.5, 0.6) is 0 Å². The SMILES string of the molecule is O=C(Nc1ccc(F)cc1F)c1nn2cccnc2c1Cl. The highest BCUT2D eigenvalue weighted by Crippen LogP contribution is 2.22. The molecule has 0 saturated carbocycles. The number of rotatable bonds is 2. The molecule has 106 valence electrons. The summed E-state index contributed by atoms with van der Waals surface area (Å²) in [4.78, 5) is 16.1. The van der Waals surface area contributed by atoms with Crippen LogP contribution in [-0.4, -0.2) is 20.5 Å². The Labute approximate surface area is 122 Å². The van der Waals surface area contributed by atoms with Crippen molar-refractivity contribution in [2.24, 2.45) is 0 Å². The summed E-state index contributed by atoms with van der Waals surface area (Å²) in [6.07, 6.45) is 3.08. The smallest absolute Gasteiger partial charge is 0.277 e. The average molecular weight is 309 g/mol. The van der Waals surface area contributed by atoms with Crippen molar-refractivity contribution >= 4 is 28.8 Å². The van der Waals surface area contributed by atoms with E-state index >= 15 is 0 Å². The highest BCUT2D eigenvalue weighted by atomic mass is 35.5. The van der Waals surface area contributed by atoms with Crippen molar-refractivity contribution in [3.8, 4) is 0 Å². The lowest BCUT2D eigenvalue weighted by Crippen LogP contribution is -2.14. The fourth-order valence-electron chi connectivity index (χ4n) is 1.78. The van der Waals surface area contributed by atoms with E-state index in [9.17, 15) is 13.6 Å². The first kappa shape index (κ1) is 13.4. The van der Waals surface area contributed by atoms with Crippen LogP contribution in [0, 0.1) is 11.6 Å². The zero-order chi connectivity index (χ0) is 15.0. The van der Waals surface area contributed by atoms with Gasteiger partial charge in [-0.15, -0.1) is 0 Å². The predicted octanol–water partition coefficient (Wildman–Crippen LogP) is 2.91. The lowest BCUT2D eigenvalue weighted by atomic mass is 10.3. The first-order valence-electron chi connectivity index (χ1n) is 5.81. The summed E-state index contributed by atoms with van der Waals surface area (Å²) >= 11 is 6.02. The molecular weight excluding hydrogens is 302 g/mol. The van der Waals surface area contributed by atoms with Gasteiger partial charge in [-0.05, 0) is 18.2 Å². The Morgan fingerprint density at radius 1 is 1.33 bits per heavy atom. The minimum Gasteiger partial charge on any atom is -0.318 e. The Balaban J connectivity index is 1.95. The third kappa shape index (κ3) is 2.43. The molecule has 21 heavy (non-hydrogen) atoms. The minimum atomic E-state index is -0.888. The lowest BCUT2D eigenvalue weighted by Gasteiger charge is -2.04. The van der Waals surface area contributed by atoms with Crippen LogP contribution in [0.4, 0.5) is 14.5 Å². The quantitative estimate of drug-likeness (QED) is 0.792. The molecule has 0 bridgehead atoms. The van der Waals surface area contributed by atoms with Gasteiger partial charge in [-0.3, -0.25) is 4.79 Å². The second kappa shape index (κ2) is 5.10. The molecule has 1 amide bonds. The molecule has 0 unspecified atom stereocenters. The maximum absolute atomic E-state index is 13.5. The standard InChI is InChI=1S/C13H7ClF2N4O/c14-10-11(19-20-5-1-4-17-12(10)20)13(21)18-9-3-2-7(15)6-8(9)16/h1-6H,(H,18,21). The van der Waals surface area contributed by atoms with Gasteiger partial charge in [0.15, 0.2) is 11.3 Å². The first-order valence-corrected chi connectivity index (χ1v) is 6.19. The van der Waals surface area contributed by atoms with E-state index in [1.54, 1.807) is 12.3 Å². The fraction of sp³-hybridized carbons (Fsp3) is 0. The number of carbonyl (C=O) groups excluding carboxylic acids is 1.